The van der Waals surface area contributed by atoms with Gasteiger partial charge in [0.25, 0.3) is 0 Å². The molecule has 2 N–H and O–H groups in total. The van der Waals surface area contributed by atoms with Gasteiger partial charge in [-0.05, 0) is 11.1 Å². The number of ether oxygens (including phenoxy) is 1. The van der Waals surface area contributed by atoms with Crippen molar-refractivity contribution < 1.29 is 4.74 Å². The number of rotatable bonds is 4. The first-order chi connectivity index (χ1) is 8.38. The quantitative estimate of drug-likeness (QED) is 0.855. The SMILES string of the molecule is NC/C=C/c1ccc(CN2CCOCC2)cc1. The third kappa shape index (κ3) is 3.97. The van der Waals surface area contributed by atoms with E-state index in [1.165, 1.54) is 11.1 Å². The second kappa shape index (κ2) is 6.55. The fourth-order valence-electron chi connectivity index (χ4n) is 1.96. The Bertz CT molecular complexity index is 353. The molecule has 0 aliphatic carbocycles. The third-order valence-corrected chi connectivity index (χ3v) is 2.94. The summed E-state index contributed by atoms with van der Waals surface area (Å²) in [6.45, 7) is 5.40. The van der Waals surface area contributed by atoms with Gasteiger partial charge in [0.2, 0.25) is 0 Å². The molecule has 0 bridgehead atoms. The van der Waals surface area contributed by atoms with E-state index in [1.807, 2.05) is 6.08 Å². The Balaban J connectivity index is 1.90. The molecule has 3 nitrogen and oxygen atoms in total. The highest BCUT2D eigenvalue weighted by molar-refractivity contribution is 5.49. The summed E-state index contributed by atoms with van der Waals surface area (Å²) in [4.78, 5) is 2.42. The summed E-state index contributed by atoms with van der Waals surface area (Å²) in [6.07, 6.45) is 4.02. The minimum absolute atomic E-state index is 0.593. The fraction of sp³-hybridized carbons (Fsp3) is 0.429. The number of nitrogens with zero attached hydrogens (tertiary/aromatic N) is 1. The van der Waals surface area contributed by atoms with E-state index in [0.29, 0.717) is 6.54 Å². The van der Waals surface area contributed by atoms with Crippen LogP contribution < -0.4 is 5.73 Å². The van der Waals surface area contributed by atoms with Gasteiger partial charge < -0.3 is 10.5 Å². The zero-order valence-corrected chi connectivity index (χ0v) is 10.1. The highest BCUT2D eigenvalue weighted by Gasteiger charge is 2.09. The van der Waals surface area contributed by atoms with Crippen LogP contribution in [-0.4, -0.2) is 37.7 Å². The van der Waals surface area contributed by atoms with E-state index >= 15 is 0 Å². The van der Waals surface area contributed by atoms with Gasteiger partial charge >= 0.3 is 0 Å². The van der Waals surface area contributed by atoms with Crippen LogP contribution in [0.25, 0.3) is 6.08 Å². The summed E-state index contributed by atoms with van der Waals surface area (Å²) in [6, 6.07) is 8.65. The molecule has 1 saturated heterocycles. The van der Waals surface area contributed by atoms with E-state index in [4.69, 9.17) is 10.5 Å². The Labute approximate surface area is 103 Å². The number of benzene rings is 1. The minimum atomic E-state index is 0.593. The third-order valence-electron chi connectivity index (χ3n) is 2.94. The van der Waals surface area contributed by atoms with Crippen LogP contribution >= 0.6 is 0 Å². The van der Waals surface area contributed by atoms with E-state index < -0.39 is 0 Å². The summed E-state index contributed by atoms with van der Waals surface area (Å²) in [5.41, 5.74) is 7.99. The lowest BCUT2D eigenvalue weighted by Gasteiger charge is -2.26. The zero-order chi connectivity index (χ0) is 11.9. The number of hydrogen-bond donors (Lipinski definition) is 1. The van der Waals surface area contributed by atoms with Crippen molar-refractivity contribution in [3.8, 4) is 0 Å². The lowest BCUT2D eigenvalue weighted by atomic mass is 10.1. The Morgan fingerprint density at radius 3 is 2.53 bits per heavy atom. The van der Waals surface area contributed by atoms with Crippen LogP contribution in [0.1, 0.15) is 11.1 Å². The van der Waals surface area contributed by atoms with Crippen LogP contribution in [0.5, 0.6) is 0 Å². The smallest absolute Gasteiger partial charge is 0.0594 e. The molecule has 0 saturated carbocycles. The standard InChI is InChI=1S/C14H20N2O/c15-7-1-2-13-3-5-14(6-4-13)12-16-8-10-17-11-9-16/h1-6H,7-12,15H2/b2-1+. The molecule has 1 aliphatic rings. The summed E-state index contributed by atoms with van der Waals surface area (Å²) in [7, 11) is 0. The largest absolute Gasteiger partial charge is 0.379 e. The number of morpholine rings is 1. The van der Waals surface area contributed by atoms with Crippen molar-refractivity contribution in [2.45, 2.75) is 6.54 Å². The topological polar surface area (TPSA) is 38.5 Å². The average Bonchev–Trinajstić information content (AvgIpc) is 2.39. The first-order valence-electron chi connectivity index (χ1n) is 6.14. The summed E-state index contributed by atoms with van der Waals surface area (Å²) < 4.78 is 5.34. The van der Waals surface area contributed by atoms with Gasteiger partial charge in [-0.15, -0.1) is 0 Å². The average molecular weight is 232 g/mol. The van der Waals surface area contributed by atoms with Gasteiger partial charge in [0, 0.05) is 26.2 Å². The Morgan fingerprint density at radius 2 is 1.88 bits per heavy atom. The molecule has 0 unspecified atom stereocenters. The summed E-state index contributed by atoms with van der Waals surface area (Å²) in [5, 5.41) is 0. The Morgan fingerprint density at radius 1 is 1.18 bits per heavy atom. The normalized spacial score (nSPS) is 17.7. The Hall–Kier alpha value is -1.16. The van der Waals surface area contributed by atoms with E-state index in [2.05, 4.69) is 35.2 Å². The fourth-order valence-corrected chi connectivity index (χ4v) is 1.96. The van der Waals surface area contributed by atoms with E-state index in [9.17, 15) is 0 Å². The maximum atomic E-state index is 5.42. The highest BCUT2D eigenvalue weighted by Crippen LogP contribution is 2.10. The zero-order valence-electron chi connectivity index (χ0n) is 10.1. The van der Waals surface area contributed by atoms with Crippen molar-refractivity contribution in [1.29, 1.82) is 0 Å². The lowest BCUT2D eigenvalue weighted by Crippen LogP contribution is -2.35. The summed E-state index contributed by atoms with van der Waals surface area (Å²) in [5.74, 6) is 0. The minimum Gasteiger partial charge on any atom is -0.379 e. The molecule has 1 aliphatic heterocycles. The first kappa shape index (κ1) is 12.3. The van der Waals surface area contributed by atoms with Crippen LogP contribution in [-0.2, 0) is 11.3 Å². The van der Waals surface area contributed by atoms with E-state index in [0.717, 1.165) is 32.8 Å². The van der Waals surface area contributed by atoms with Gasteiger partial charge in [0.1, 0.15) is 0 Å². The van der Waals surface area contributed by atoms with Crippen molar-refractivity contribution in [2.24, 2.45) is 5.73 Å². The molecule has 1 aromatic carbocycles. The molecule has 1 heterocycles. The number of nitrogens with two attached hydrogens (primary N) is 1. The maximum absolute atomic E-state index is 5.42. The molecular formula is C14H20N2O. The van der Waals surface area contributed by atoms with Crippen molar-refractivity contribution >= 4 is 6.08 Å². The maximum Gasteiger partial charge on any atom is 0.0594 e. The molecule has 0 aromatic heterocycles. The predicted molar refractivity (Wildman–Crippen MR) is 70.6 cm³/mol. The van der Waals surface area contributed by atoms with Gasteiger partial charge in [0.15, 0.2) is 0 Å². The van der Waals surface area contributed by atoms with Crippen molar-refractivity contribution in [2.75, 3.05) is 32.8 Å². The van der Waals surface area contributed by atoms with Gasteiger partial charge in [-0.3, -0.25) is 4.90 Å². The van der Waals surface area contributed by atoms with Gasteiger partial charge in [-0.2, -0.15) is 0 Å². The van der Waals surface area contributed by atoms with Gasteiger partial charge in [-0.25, -0.2) is 0 Å². The first-order valence-corrected chi connectivity index (χ1v) is 6.14. The van der Waals surface area contributed by atoms with Gasteiger partial charge in [-0.1, -0.05) is 36.4 Å². The van der Waals surface area contributed by atoms with E-state index in [1.54, 1.807) is 0 Å². The summed E-state index contributed by atoms with van der Waals surface area (Å²) >= 11 is 0. The molecule has 1 aromatic rings. The molecule has 3 heteroatoms. The van der Waals surface area contributed by atoms with Crippen LogP contribution in [0, 0.1) is 0 Å². The van der Waals surface area contributed by atoms with E-state index in [-0.39, 0.29) is 0 Å². The second-order valence-corrected chi connectivity index (χ2v) is 4.27. The molecule has 0 amide bonds. The van der Waals surface area contributed by atoms with Crippen LogP contribution in [0.4, 0.5) is 0 Å². The van der Waals surface area contributed by atoms with Crippen molar-refractivity contribution in [3.63, 3.8) is 0 Å². The molecule has 17 heavy (non-hydrogen) atoms. The van der Waals surface area contributed by atoms with Gasteiger partial charge in [0.05, 0.1) is 13.2 Å². The molecule has 0 radical (unpaired) electrons. The van der Waals surface area contributed by atoms with Crippen molar-refractivity contribution in [3.05, 3.63) is 41.5 Å². The highest BCUT2D eigenvalue weighted by atomic mass is 16.5. The molecule has 0 atom stereocenters. The van der Waals surface area contributed by atoms with Crippen molar-refractivity contribution in [1.82, 2.24) is 4.90 Å². The monoisotopic (exact) mass is 232 g/mol. The molecule has 1 fully saturated rings. The second-order valence-electron chi connectivity index (χ2n) is 4.27. The molecule has 0 spiro atoms. The van der Waals surface area contributed by atoms with Crippen LogP contribution in [0.15, 0.2) is 30.3 Å². The predicted octanol–water partition coefficient (Wildman–Crippen LogP) is 1.49. The van der Waals surface area contributed by atoms with Crippen LogP contribution in [0.2, 0.25) is 0 Å². The molecule has 92 valence electrons. The van der Waals surface area contributed by atoms with Crippen LogP contribution in [0.3, 0.4) is 0 Å². The molecule has 2 rings (SSSR count). The Kier molecular flexibility index (Phi) is 4.74. The molecular weight excluding hydrogens is 212 g/mol. The number of hydrogen-bond acceptors (Lipinski definition) is 3. The lowest BCUT2D eigenvalue weighted by molar-refractivity contribution is 0.0342.